The van der Waals surface area contributed by atoms with Crippen LogP contribution < -0.4 is 26.4 Å². The van der Waals surface area contributed by atoms with E-state index >= 15 is 0 Å². The van der Waals surface area contributed by atoms with Crippen LogP contribution in [0.25, 0.3) is 0 Å². The third-order valence-corrected chi connectivity index (χ3v) is 8.44. The van der Waals surface area contributed by atoms with E-state index in [9.17, 15) is 19.2 Å². The Balaban J connectivity index is 1.22. The quantitative estimate of drug-likeness (QED) is 0.386. The fraction of sp³-hybridized carbons (Fsp3) is 0.387. The van der Waals surface area contributed by atoms with E-state index in [0.717, 1.165) is 29.9 Å². The molecule has 6 rings (SSSR count). The van der Waals surface area contributed by atoms with Gasteiger partial charge < -0.3 is 25.4 Å². The number of fused-ring (bicyclic) bond motifs is 8. The van der Waals surface area contributed by atoms with E-state index in [1.807, 2.05) is 34.9 Å². The standard InChI is InChI=1S/C31H34N6O4/c1-19(38)34-22-9-10-26-21(14-22)15-25(31(41)33-12-4-7-28(39)35-23-5-3-11-32-16-23)30-24-13-20(18-37(26)30)17-36-27(24)6-2-8-29(36)40/h2-3,5-6,8-11,14,16,20,24-25,30H,4,7,12-13,15,17-18H2,1H3,(H,33,41)(H,34,38)(H,35,39)/t20-,24+,25+,30+/m0/s1. The Morgan fingerprint density at radius 1 is 1.02 bits per heavy atom. The summed E-state index contributed by atoms with van der Waals surface area (Å²) in [6.07, 6.45) is 5.48. The van der Waals surface area contributed by atoms with E-state index < -0.39 is 0 Å². The van der Waals surface area contributed by atoms with Gasteiger partial charge in [0.15, 0.2) is 0 Å². The lowest BCUT2D eigenvalue weighted by Crippen LogP contribution is -2.60. The molecule has 0 unspecified atom stereocenters. The molecule has 2 aromatic heterocycles. The van der Waals surface area contributed by atoms with Gasteiger partial charge in [-0.2, -0.15) is 0 Å². The maximum absolute atomic E-state index is 13.8. The Labute approximate surface area is 238 Å². The first kappa shape index (κ1) is 26.7. The lowest BCUT2D eigenvalue weighted by Gasteiger charge is -2.54. The number of amides is 3. The molecule has 0 saturated carbocycles. The first-order valence-corrected chi connectivity index (χ1v) is 14.2. The number of rotatable bonds is 7. The van der Waals surface area contributed by atoms with Crippen molar-refractivity contribution < 1.29 is 14.4 Å². The third kappa shape index (κ3) is 5.46. The van der Waals surface area contributed by atoms with Crippen molar-refractivity contribution in [1.29, 1.82) is 0 Å². The van der Waals surface area contributed by atoms with E-state index in [1.54, 1.807) is 30.6 Å². The molecule has 212 valence electrons. The predicted octanol–water partition coefficient (Wildman–Crippen LogP) is 2.90. The van der Waals surface area contributed by atoms with Gasteiger partial charge in [-0.05, 0) is 67.1 Å². The third-order valence-electron chi connectivity index (χ3n) is 8.44. The van der Waals surface area contributed by atoms with Crippen molar-refractivity contribution >= 4 is 34.8 Å². The Morgan fingerprint density at radius 2 is 1.90 bits per heavy atom. The summed E-state index contributed by atoms with van der Waals surface area (Å²) in [5, 5.41) is 8.78. The van der Waals surface area contributed by atoms with Crippen LogP contribution in [0.1, 0.15) is 43.4 Å². The van der Waals surface area contributed by atoms with Crippen molar-refractivity contribution in [3.8, 4) is 0 Å². The number of piperidine rings is 1. The second-order valence-electron chi connectivity index (χ2n) is 11.3. The average Bonchev–Trinajstić information content (AvgIpc) is 2.95. The van der Waals surface area contributed by atoms with Gasteiger partial charge in [0, 0.05) is 74.3 Å². The highest BCUT2D eigenvalue weighted by atomic mass is 16.2. The Morgan fingerprint density at radius 3 is 2.71 bits per heavy atom. The van der Waals surface area contributed by atoms with Gasteiger partial charge in [0.1, 0.15) is 0 Å². The summed E-state index contributed by atoms with van der Waals surface area (Å²) in [7, 11) is 0. The molecule has 1 aromatic carbocycles. The summed E-state index contributed by atoms with van der Waals surface area (Å²) < 4.78 is 1.89. The molecule has 4 atom stereocenters. The summed E-state index contributed by atoms with van der Waals surface area (Å²) >= 11 is 0. The van der Waals surface area contributed by atoms with Gasteiger partial charge in [-0.15, -0.1) is 0 Å². The van der Waals surface area contributed by atoms with Crippen LogP contribution in [0.2, 0.25) is 0 Å². The highest BCUT2D eigenvalue weighted by Crippen LogP contribution is 2.48. The van der Waals surface area contributed by atoms with E-state index in [4.69, 9.17) is 0 Å². The van der Waals surface area contributed by atoms with Crippen molar-refractivity contribution in [3.63, 3.8) is 0 Å². The van der Waals surface area contributed by atoms with Gasteiger partial charge >= 0.3 is 0 Å². The summed E-state index contributed by atoms with van der Waals surface area (Å²) in [6.45, 7) is 3.29. The summed E-state index contributed by atoms with van der Waals surface area (Å²) in [5.74, 6) is -0.343. The van der Waals surface area contributed by atoms with E-state index in [1.165, 1.54) is 6.92 Å². The molecular formula is C31H34N6O4. The minimum absolute atomic E-state index is 0.00682. The van der Waals surface area contributed by atoms with Crippen molar-refractivity contribution in [2.45, 2.75) is 51.1 Å². The van der Waals surface area contributed by atoms with Crippen LogP contribution >= 0.6 is 0 Å². The Bertz CT molecular complexity index is 1540. The first-order valence-electron chi connectivity index (χ1n) is 14.2. The number of nitrogens with one attached hydrogen (secondary N) is 3. The fourth-order valence-corrected chi connectivity index (χ4v) is 6.86. The maximum Gasteiger partial charge on any atom is 0.250 e. The molecule has 3 aliphatic heterocycles. The van der Waals surface area contributed by atoms with Crippen LogP contribution in [0.4, 0.5) is 17.1 Å². The number of benzene rings is 1. The van der Waals surface area contributed by atoms with Gasteiger partial charge in [-0.1, -0.05) is 6.07 Å². The zero-order valence-electron chi connectivity index (χ0n) is 23.0. The second-order valence-corrected chi connectivity index (χ2v) is 11.3. The van der Waals surface area contributed by atoms with Gasteiger partial charge in [-0.3, -0.25) is 24.2 Å². The molecule has 10 heteroatoms. The van der Waals surface area contributed by atoms with Crippen LogP contribution in [0.5, 0.6) is 0 Å². The molecule has 5 heterocycles. The van der Waals surface area contributed by atoms with Crippen LogP contribution in [0.3, 0.4) is 0 Å². The van der Waals surface area contributed by atoms with Crippen molar-refractivity contribution in [3.05, 3.63) is 82.5 Å². The number of hydrogen-bond acceptors (Lipinski definition) is 6. The lowest BCUT2D eigenvalue weighted by atomic mass is 9.69. The van der Waals surface area contributed by atoms with Gasteiger partial charge in [-0.25, -0.2) is 0 Å². The average molecular weight is 555 g/mol. The first-order chi connectivity index (χ1) is 19.9. The molecular weight excluding hydrogens is 520 g/mol. The maximum atomic E-state index is 13.8. The Hall–Kier alpha value is -4.47. The lowest BCUT2D eigenvalue weighted by molar-refractivity contribution is -0.126. The number of aromatic nitrogens is 2. The topological polar surface area (TPSA) is 125 Å². The largest absolute Gasteiger partial charge is 0.366 e. The number of carbonyl (C=O) groups is 3. The SMILES string of the molecule is CC(=O)Nc1ccc2c(c1)C[C@@H](C(=O)NCCCC(=O)Nc1cccnc1)[C@H]1[C@@H]3C[C@H](CN21)Cn1c3cccc1=O. The number of nitrogens with zero attached hydrogens (tertiary/aromatic N) is 3. The summed E-state index contributed by atoms with van der Waals surface area (Å²) in [6, 6.07) is 14.8. The van der Waals surface area contributed by atoms with Gasteiger partial charge in [0.2, 0.25) is 17.7 Å². The number of hydrogen-bond donors (Lipinski definition) is 3. The summed E-state index contributed by atoms with van der Waals surface area (Å²) in [4.78, 5) is 57.0. The van der Waals surface area contributed by atoms with Crippen molar-refractivity contribution in [1.82, 2.24) is 14.9 Å². The molecule has 0 radical (unpaired) electrons. The molecule has 10 nitrogen and oxygen atoms in total. The number of carbonyl (C=O) groups excluding carboxylic acids is 3. The van der Waals surface area contributed by atoms with Crippen LogP contribution in [-0.2, 0) is 27.3 Å². The molecule has 0 spiro atoms. The molecule has 3 N–H and O–H groups in total. The number of pyridine rings is 2. The van der Waals surface area contributed by atoms with Gasteiger partial charge in [0.25, 0.3) is 5.56 Å². The zero-order valence-corrected chi connectivity index (χ0v) is 23.0. The minimum atomic E-state index is -0.355. The summed E-state index contributed by atoms with van der Waals surface area (Å²) in [5.41, 5.74) is 4.46. The molecule has 1 fully saturated rings. The minimum Gasteiger partial charge on any atom is -0.366 e. The number of anilines is 3. The van der Waals surface area contributed by atoms with E-state index in [0.29, 0.717) is 43.2 Å². The zero-order chi connectivity index (χ0) is 28.5. The fourth-order valence-electron chi connectivity index (χ4n) is 6.86. The van der Waals surface area contributed by atoms with Crippen molar-refractivity contribution in [2.24, 2.45) is 11.8 Å². The predicted molar refractivity (Wildman–Crippen MR) is 156 cm³/mol. The molecule has 0 aliphatic carbocycles. The Kier molecular flexibility index (Phi) is 7.30. The smallest absolute Gasteiger partial charge is 0.250 e. The van der Waals surface area contributed by atoms with Crippen LogP contribution in [0, 0.1) is 11.8 Å². The van der Waals surface area contributed by atoms with E-state index in [-0.39, 0.29) is 47.6 Å². The normalized spacial score (nSPS) is 22.0. The monoisotopic (exact) mass is 554 g/mol. The van der Waals surface area contributed by atoms with Crippen LogP contribution in [-0.4, -0.2) is 46.4 Å². The highest BCUT2D eigenvalue weighted by Gasteiger charge is 2.49. The second kappa shape index (κ2) is 11.2. The van der Waals surface area contributed by atoms with E-state index in [2.05, 4.69) is 25.8 Å². The molecule has 3 aromatic rings. The van der Waals surface area contributed by atoms with Gasteiger partial charge in [0.05, 0.1) is 17.8 Å². The van der Waals surface area contributed by atoms with Crippen molar-refractivity contribution in [2.75, 3.05) is 28.6 Å². The molecule has 1 saturated heterocycles. The molecule has 3 aliphatic rings. The highest BCUT2D eigenvalue weighted by molar-refractivity contribution is 5.91. The molecule has 2 bridgehead atoms. The molecule has 41 heavy (non-hydrogen) atoms. The molecule has 3 amide bonds. The van der Waals surface area contributed by atoms with Crippen LogP contribution in [0.15, 0.2) is 65.7 Å².